The van der Waals surface area contributed by atoms with Crippen molar-refractivity contribution in [1.29, 1.82) is 0 Å². The topological polar surface area (TPSA) is 82.1 Å². The molecule has 122 valence electrons. The monoisotopic (exact) mass is 310 g/mol. The first kappa shape index (κ1) is 18.0. The van der Waals surface area contributed by atoms with E-state index in [1.165, 1.54) is 20.3 Å². The molecule has 0 saturated carbocycles. The molecular weight excluding hydrogens is 288 g/mol. The lowest BCUT2D eigenvalue weighted by atomic mass is 10.0. The lowest BCUT2D eigenvalue weighted by Crippen LogP contribution is -2.25. The molecule has 0 bridgehead atoms. The largest absolute Gasteiger partial charge is 0.496 e. The van der Waals surface area contributed by atoms with E-state index in [0.717, 1.165) is 0 Å². The molecule has 0 saturated heterocycles. The van der Waals surface area contributed by atoms with Crippen molar-refractivity contribution >= 4 is 11.9 Å². The van der Waals surface area contributed by atoms with Crippen LogP contribution < -0.4 is 4.74 Å². The van der Waals surface area contributed by atoms with E-state index < -0.39 is 23.6 Å². The Labute approximate surface area is 130 Å². The first-order valence-corrected chi connectivity index (χ1v) is 6.83. The molecule has 0 aliphatic heterocycles. The Kier molecular flexibility index (Phi) is 5.93. The minimum absolute atomic E-state index is 0.142. The Balaban J connectivity index is 3.01. The molecule has 0 heterocycles. The summed E-state index contributed by atoms with van der Waals surface area (Å²) in [7, 11) is 2.79. The van der Waals surface area contributed by atoms with Crippen molar-refractivity contribution in [2.75, 3.05) is 14.2 Å². The Hall–Kier alpha value is -2.08. The summed E-state index contributed by atoms with van der Waals surface area (Å²) in [6.45, 7) is 5.35. The van der Waals surface area contributed by atoms with E-state index in [9.17, 15) is 9.59 Å². The van der Waals surface area contributed by atoms with E-state index in [1.54, 1.807) is 32.9 Å². The van der Waals surface area contributed by atoms with Gasteiger partial charge in [0.05, 0.1) is 12.7 Å². The van der Waals surface area contributed by atoms with Crippen molar-refractivity contribution < 1.29 is 28.9 Å². The molecule has 0 unspecified atom stereocenters. The molecule has 6 nitrogen and oxygen atoms in total. The molecule has 1 N–H and O–H groups in total. The van der Waals surface area contributed by atoms with Gasteiger partial charge in [-0.1, -0.05) is 6.07 Å². The summed E-state index contributed by atoms with van der Waals surface area (Å²) < 4.78 is 15.4. The zero-order chi connectivity index (χ0) is 16.9. The predicted octanol–water partition coefficient (Wildman–Crippen LogP) is 2.29. The number of hydrogen-bond donors (Lipinski definition) is 1. The summed E-state index contributed by atoms with van der Waals surface area (Å²) in [4.78, 5) is 23.1. The highest BCUT2D eigenvalue weighted by molar-refractivity contribution is 5.90. The molecule has 0 aliphatic rings. The molecule has 0 aliphatic carbocycles. The SMILES string of the molecule is COc1cc(C(=O)OC(C)(C)C)ccc1C[C@H](OC)C(=O)O. The van der Waals surface area contributed by atoms with Crippen LogP contribution in [-0.2, 0) is 20.7 Å². The van der Waals surface area contributed by atoms with Gasteiger partial charge >= 0.3 is 11.9 Å². The molecule has 1 rings (SSSR count). The maximum atomic E-state index is 12.0. The van der Waals surface area contributed by atoms with Crippen molar-refractivity contribution in [3.8, 4) is 5.75 Å². The summed E-state index contributed by atoms with van der Waals surface area (Å²) in [5.74, 6) is -1.09. The van der Waals surface area contributed by atoms with Crippen LogP contribution in [0.4, 0.5) is 0 Å². The van der Waals surface area contributed by atoms with Crippen LogP contribution in [0.2, 0.25) is 0 Å². The van der Waals surface area contributed by atoms with E-state index in [0.29, 0.717) is 16.9 Å². The van der Waals surface area contributed by atoms with Gasteiger partial charge in [0.2, 0.25) is 0 Å². The first-order valence-electron chi connectivity index (χ1n) is 6.83. The summed E-state index contributed by atoms with van der Waals surface area (Å²) in [5, 5.41) is 9.03. The number of carboxylic acid groups (broad SMARTS) is 1. The fourth-order valence-corrected chi connectivity index (χ4v) is 1.85. The Morgan fingerprint density at radius 1 is 1.23 bits per heavy atom. The van der Waals surface area contributed by atoms with Gasteiger partial charge in [-0.3, -0.25) is 0 Å². The highest BCUT2D eigenvalue weighted by atomic mass is 16.6. The number of methoxy groups -OCH3 is 2. The highest BCUT2D eigenvalue weighted by Gasteiger charge is 2.22. The number of carbonyl (C=O) groups excluding carboxylic acids is 1. The van der Waals surface area contributed by atoms with Crippen molar-refractivity contribution in [2.24, 2.45) is 0 Å². The number of rotatable bonds is 6. The number of ether oxygens (including phenoxy) is 3. The van der Waals surface area contributed by atoms with Crippen LogP contribution in [-0.4, -0.2) is 43.0 Å². The molecule has 1 aromatic carbocycles. The predicted molar refractivity (Wildman–Crippen MR) is 80.3 cm³/mol. The average Bonchev–Trinajstić information content (AvgIpc) is 2.42. The average molecular weight is 310 g/mol. The molecule has 1 atom stereocenters. The molecule has 0 aromatic heterocycles. The Morgan fingerprint density at radius 2 is 1.86 bits per heavy atom. The summed E-state index contributed by atoms with van der Waals surface area (Å²) in [6.07, 6.45) is -0.829. The third-order valence-corrected chi connectivity index (χ3v) is 2.89. The van der Waals surface area contributed by atoms with Gasteiger partial charge in [-0.2, -0.15) is 0 Å². The van der Waals surface area contributed by atoms with Gasteiger partial charge in [-0.25, -0.2) is 9.59 Å². The van der Waals surface area contributed by atoms with Crippen LogP contribution in [0.15, 0.2) is 18.2 Å². The standard InChI is InChI=1S/C16H22O6/c1-16(2,3)22-15(19)11-7-6-10(12(9-11)20-4)8-13(21-5)14(17)18/h6-7,9,13H,8H2,1-5H3,(H,17,18)/t13-/m0/s1. The zero-order valence-corrected chi connectivity index (χ0v) is 13.5. The van der Waals surface area contributed by atoms with Gasteiger partial charge in [0.25, 0.3) is 0 Å². The maximum Gasteiger partial charge on any atom is 0.338 e. The normalized spacial score (nSPS) is 12.6. The van der Waals surface area contributed by atoms with Gasteiger partial charge in [-0.05, 0) is 38.5 Å². The second kappa shape index (κ2) is 7.26. The van der Waals surface area contributed by atoms with Gasteiger partial charge in [0.15, 0.2) is 6.10 Å². The number of hydrogen-bond acceptors (Lipinski definition) is 5. The lowest BCUT2D eigenvalue weighted by Gasteiger charge is -2.20. The third kappa shape index (κ3) is 5.04. The molecule has 0 spiro atoms. The highest BCUT2D eigenvalue weighted by Crippen LogP contribution is 2.24. The minimum Gasteiger partial charge on any atom is -0.496 e. The van der Waals surface area contributed by atoms with Gasteiger partial charge < -0.3 is 19.3 Å². The smallest absolute Gasteiger partial charge is 0.338 e. The number of esters is 1. The number of carbonyl (C=O) groups is 2. The van der Waals surface area contributed by atoms with Gasteiger partial charge in [-0.15, -0.1) is 0 Å². The molecule has 22 heavy (non-hydrogen) atoms. The van der Waals surface area contributed by atoms with Crippen molar-refractivity contribution in [3.05, 3.63) is 29.3 Å². The van der Waals surface area contributed by atoms with Crippen LogP contribution in [0.5, 0.6) is 5.75 Å². The van der Waals surface area contributed by atoms with Gasteiger partial charge in [0.1, 0.15) is 11.4 Å². The van der Waals surface area contributed by atoms with E-state index in [-0.39, 0.29) is 6.42 Å². The second-order valence-corrected chi connectivity index (χ2v) is 5.80. The fraction of sp³-hybridized carbons (Fsp3) is 0.500. The fourth-order valence-electron chi connectivity index (χ4n) is 1.85. The Morgan fingerprint density at radius 3 is 2.32 bits per heavy atom. The van der Waals surface area contributed by atoms with E-state index in [2.05, 4.69) is 0 Å². The van der Waals surface area contributed by atoms with Crippen LogP contribution in [0.1, 0.15) is 36.7 Å². The number of aliphatic carboxylic acids is 1. The summed E-state index contributed by atoms with van der Waals surface area (Å²) in [6, 6.07) is 4.77. The molecule has 0 radical (unpaired) electrons. The first-order chi connectivity index (χ1) is 10.2. The van der Waals surface area contributed by atoms with E-state index >= 15 is 0 Å². The van der Waals surface area contributed by atoms with E-state index in [1.807, 2.05) is 0 Å². The molecule has 1 aromatic rings. The zero-order valence-electron chi connectivity index (χ0n) is 13.5. The minimum atomic E-state index is -1.05. The van der Waals surface area contributed by atoms with Crippen molar-refractivity contribution in [1.82, 2.24) is 0 Å². The third-order valence-electron chi connectivity index (χ3n) is 2.89. The molecule has 6 heteroatoms. The number of carboxylic acids is 1. The number of benzene rings is 1. The summed E-state index contributed by atoms with van der Waals surface area (Å²) in [5.41, 5.74) is 0.400. The molecular formula is C16H22O6. The summed E-state index contributed by atoms with van der Waals surface area (Å²) >= 11 is 0. The van der Waals surface area contributed by atoms with Crippen LogP contribution in [0.25, 0.3) is 0 Å². The maximum absolute atomic E-state index is 12.0. The van der Waals surface area contributed by atoms with Crippen LogP contribution in [0, 0.1) is 0 Å². The quantitative estimate of drug-likeness (QED) is 0.812. The van der Waals surface area contributed by atoms with Crippen molar-refractivity contribution in [2.45, 2.75) is 38.9 Å². The Bertz CT molecular complexity index is 544. The van der Waals surface area contributed by atoms with Gasteiger partial charge in [0, 0.05) is 13.5 Å². The van der Waals surface area contributed by atoms with Crippen LogP contribution >= 0.6 is 0 Å². The van der Waals surface area contributed by atoms with Crippen molar-refractivity contribution in [3.63, 3.8) is 0 Å². The molecule has 0 fully saturated rings. The lowest BCUT2D eigenvalue weighted by molar-refractivity contribution is -0.148. The molecule has 0 amide bonds. The van der Waals surface area contributed by atoms with E-state index in [4.69, 9.17) is 19.3 Å². The second-order valence-electron chi connectivity index (χ2n) is 5.80. The van der Waals surface area contributed by atoms with Crippen LogP contribution in [0.3, 0.4) is 0 Å².